The van der Waals surface area contributed by atoms with Crippen molar-refractivity contribution in [2.45, 2.75) is 31.3 Å². The molecule has 0 atom stereocenters. The summed E-state index contributed by atoms with van der Waals surface area (Å²) in [5.74, 6) is 0. The summed E-state index contributed by atoms with van der Waals surface area (Å²) in [7, 11) is 0. The number of hydrogen-bond donors (Lipinski definition) is 1. The van der Waals surface area contributed by atoms with Crippen molar-refractivity contribution in [3.63, 3.8) is 0 Å². The zero-order chi connectivity index (χ0) is 10.7. The summed E-state index contributed by atoms with van der Waals surface area (Å²) in [4.78, 5) is 17.9. The van der Waals surface area contributed by atoms with Gasteiger partial charge in [0.2, 0.25) is 0 Å². The van der Waals surface area contributed by atoms with Crippen molar-refractivity contribution in [1.29, 1.82) is 0 Å². The number of rotatable bonds is 3. The van der Waals surface area contributed by atoms with E-state index in [0.717, 1.165) is 12.8 Å². The molecule has 1 aliphatic rings. The molecule has 5 nitrogen and oxygen atoms in total. The second-order valence-corrected chi connectivity index (χ2v) is 3.68. The SMILES string of the molecule is O=COc1nccc(C2(O)CCCC2)n1. The third-order valence-electron chi connectivity index (χ3n) is 2.69. The molecule has 80 valence electrons. The first kappa shape index (κ1) is 10.0. The van der Waals surface area contributed by atoms with Crippen molar-refractivity contribution < 1.29 is 14.6 Å². The zero-order valence-corrected chi connectivity index (χ0v) is 8.22. The van der Waals surface area contributed by atoms with Crippen LogP contribution in [0.3, 0.4) is 0 Å². The molecule has 0 spiro atoms. The Kier molecular flexibility index (Phi) is 2.64. The Morgan fingerprint density at radius 3 is 2.87 bits per heavy atom. The Balaban J connectivity index is 2.27. The molecule has 1 aromatic rings. The first-order valence-corrected chi connectivity index (χ1v) is 4.91. The van der Waals surface area contributed by atoms with E-state index in [9.17, 15) is 9.90 Å². The van der Waals surface area contributed by atoms with E-state index in [0.29, 0.717) is 18.5 Å². The van der Waals surface area contributed by atoms with Gasteiger partial charge in [0, 0.05) is 6.20 Å². The van der Waals surface area contributed by atoms with Gasteiger partial charge in [-0.1, -0.05) is 12.8 Å². The largest absolute Gasteiger partial charge is 0.393 e. The summed E-state index contributed by atoms with van der Waals surface area (Å²) in [6.45, 7) is 0.276. The van der Waals surface area contributed by atoms with E-state index >= 15 is 0 Å². The van der Waals surface area contributed by atoms with Crippen LogP contribution in [0.1, 0.15) is 31.4 Å². The van der Waals surface area contributed by atoms with Crippen LogP contribution >= 0.6 is 0 Å². The van der Waals surface area contributed by atoms with Gasteiger partial charge in [0.15, 0.2) is 0 Å². The van der Waals surface area contributed by atoms with E-state index in [4.69, 9.17) is 0 Å². The molecule has 1 heterocycles. The molecule has 0 radical (unpaired) electrons. The molecule has 0 aliphatic heterocycles. The van der Waals surface area contributed by atoms with Crippen molar-refractivity contribution >= 4 is 6.47 Å². The molecule has 0 bridgehead atoms. The van der Waals surface area contributed by atoms with Crippen molar-refractivity contribution in [2.24, 2.45) is 0 Å². The molecule has 5 heteroatoms. The first-order valence-electron chi connectivity index (χ1n) is 4.91. The molecule has 0 amide bonds. The second-order valence-electron chi connectivity index (χ2n) is 3.68. The molecule has 0 saturated heterocycles. The molecule has 15 heavy (non-hydrogen) atoms. The van der Waals surface area contributed by atoms with Gasteiger partial charge in [-0.15, -0.1) is 0 Å². The van der Waals surface area contributed by atoms with Crippen molar-refractivity contribution in [1.82, 2.24) is 9.97 Å². The lowest BCUT2D eigenvalue weighted by molar-refractivity contribution is -0.121. The maximum Gasteiger partial charge on any atom is 0.324 e. The van der Waals surface area contributed by atoms with Crippen LogP contribution in [0.15, 0.2) is 12.3 Å². The van der Waals surface area contributed by atoms with E-state index in [1.165, 1.54) is 6.20 Å². The van der Waals surface area contributed by atoms with Gasteiger partial charge >= 0.3 is 12.5 Å². The number of aromatic nitrogens is 2. The molecular weight excluding hydrogens is 196 g/mol. The monoisotopic (exact) mass is 208 g/mol. The summed E-state index contributed by atoms with van der Waals surface area (Å²) in [5.41, 5.74) is -0.337. The second kappa shape index (κ2) is 3.94. The van der Waals surface area contributed by atoms with Crippen molar-refractivity contribution in [2.75, 3.05) is 0 Å². The fourth-order valence-corrected chi connectivity index (χ4v) is 1.92. The zero-order valence-electron chi connectivity index (χ0n) is 8.22. The predicted molar refractivity (Wildman–Crippen MR) is 51.1 cm³/mol. The first-order chi connectivity index (χ1) is 7.24. The molecule has 1 saturated carbocycles. The molecule has 0 aromatic carbocycles. The van der Waals surface area contributed by atoms with Gasteiger partial charge in [0.1, 0.15) is 5.60 Å². The van der Waals surface area contributed by atoms with Gasteiger partial charge in [-0.05, 0) is 18.9 Å². The normalized spacial score (nSPS) is 18.7. The van der Waals surface area contributed by atoms with E-state index in [1.807, 2.05) is 0 Å². The van der Waals surface area contributed by atoms with Crippen LogP contribution in [-0.2, 0) is 10.4 Å². The van der Waals surface area contributed by atoms with Crippen LogP contribution in [0.2, 0.25) is 0 Å². The predicted octanol–water partition coefficient (Wildman–Crippen LogP) is 0.773. The van der Waals surface area contributed by atoms with Gasteiger partial charge < -0.3 is 9.84 Å². The number of aliphatic hydroxyl groups is 1. The van der Waals surface area contributed by atoms with Crippen molar-refractivity contribution in [3.05, 3.63) is 18.0 Å². The molecule has 1 aliphatic carbocycles. The van der Waals surface area contributed by atoms with Gasteiger partial charge in [0.25, 0.3) is 0 Å². The van der Waals surface area contributed by atoms with Gasteiger partial charge in [-0.25, -0.2) is 4.98 Å². The summed E-state index contributed by atoms with van der Waals surface area (Å²) in [6.07, 6.45) is 4.86. The van der Waals surface area contributed by atoms with Crippen molar-refractivity contribution in [3.8, 4) is 6.01 Å². The van der Waals surface area contributed by atoms with Crippen LogP contribution in [-0.4, -0.2) is 21.5 Å². The Hall–Kier alpha value is -1.49. The van der Waals surface area contributed by atoms with Crippen LogP contribution in [0, 0.1) is 0 Å². The molecule has 0 unspecified atom stereocenters. The average molecular weight is 208 g/mol. The van der Waals surface area contributed by atoms with Gasteiger partial charge in [0.05, 0.1) is 5.69 Å². The maximum absolute atomic E-state index is 10.2. The molecule has 2 rings (SSSR count). The van der Waals surface area contributed by atoms with Crippen LogP contribution in [0.25, 0.3) is 0 Å². The minimum absolute atomic E-state index is 0.0113. The van der Waals surface area contributed by atoms with Crippen LogP contribution in [0.4, 0.5) is 0 Å². The van der Waals surface area contributed by atoms with Crippen LogP contribution in [0.5, 0.6) is 6.01 Å². The number of hydrogen-bond acceptors (Lipinski definition) is 5. The molecule has 1 N–H and O–H groups in total. The minimum atomic E-state index is -0.871. The highest BCUT2D eigenvalue weighted by molar-refractivity contribution is 5.41. The number of carbonyl (C=O) groups excluding carboxylic acids is 1. The fourth-order valence-electron chi connectivity index (χ4n) is 1.92. The lowest BCUT2D eigenvalue weighted by Crippen LogP contribution is -2.22. The smallest absolute Gasteiger partial charge is 0.324 e. The topological polar surface area (TPSA) is 72.3 Å². The quantitative estimate of drug-likeness (QED) is 0.743. The lowest BCUT2D eigenvalue weighted by atomic mass is 9.98. The average Bonchev–Trinajstić information content (AvgIpc) is 2.68. The number of nitrogens with zero attached hydrogens (tertiary/aromatic N) is 2. The molecular formula is C10H12N2O3. The fraction of sp³-hybridized carbons (Fsp3) is 0.500. The summed E-state index contributed by atoms with van der Waals surface area (Å²) >= 11 is 0. The van der Waals surface area contributed by atoms with E-state index in [2.05, 4.69) is 14.7 Å². The minimum Gasteiger partial charge on any atom is -0.393 e. The Morgan fingerprint density at radius 1 is 1.47 bits per heavy atom. The summed E-state index contributed by atoms with van der Waals surface area (Å²) < 4.78 is 4.54. The third kappa shape index (κ3) is 1.97. The summed E-state index contributed by atoms with van der Waals surface area (Å²) in [5, 5.41) is 10.2. The van der Waals surface area contributed by atoms with Gasteiger partial charge in [-0.2, -0.15) is 4.98 Å². The van der Waals surface area contributed by atoms with Crippen LogP contribution < -0.4 is 4.74 Å². The molecule has 1 aromatic heterocycles. The highest BCUT2D eigenvalue weighted by Crippen LogP contribution is 2.37. The Morgan fingerprint density at radius 2 is 2.20 bits per heavy atom. The standard InChI is InChI=1S/C10H12N2O3/c13-7-15-9-11-6-3-8(12-9)10(14)4-1-2-5-10/h3,6-7,14H,1-2,4-5H2. The van der Waals surface area contributed by atoms with Gasteiger partial charge in [-0.3, -0.25) is 4.79 Å². The summed E-state index contributed by atoms with van der Waals surface area (Å²) in [6, 6.07) is 1.64. The lowest BCUT2D eigenvalue weighted by Gasteiger charge is -2.20. The highest BCUT2D eigenvalue weighted by Gasteiger charge is 2.34. The molecule has 1 fully saturated rings. The van der Waals surface area contributed by atoms with E-state index < -0.39 is 5.60 Å². The van der Waals surface area contributed by atoms with E-state index in [1.54, 1.807) is 6.07 Å². The Labute approximate surface area is 87.1 Å². The highest BCUT2D eigenvalue weighted by atomic mass is 16.5. The number of carbonyl (C=O) groups is 1. The maximum atomic E-state index is 10.2. The number of ether oxygens (including phenoxy) is 1. The third-order valence-corrected chi connectivity index (χ3v) is 2.69. The van der Waals surface area contributed by atoms with E-state index in [-0.39, 0.29) is 12.5 Å². The Bertz CT molecular complexity index is 361.